The molecule has 0 aromatic heterocycles. The number of aryl methyl sites for hydroxylation is 1. The summed E-state index contributed by atoms with van der Waals surface area (Å²) in [5.41, 5.74) is 2.61. The molecule has 0 radical (unpaired) electrons. The summed E-state index contributed by atoms with van der Waals surface area (Å²) >= 11 is 0. The maximum atomic E-state index is 5.48. The van der Waals surface area contributed by atoms with Gasteiger partial charge in [-0.1, -0.05) is 36.8 Å². The Bertz CT molecular complexity index is 286. The van der Waals surface area contributed by atoms with Crippen LogP contribution >= 0.6 is 0 Å². The summed E-state index contributed by atoms with van der Waals surface area (Å²) in [5.74, 6) is 0. The molecule has 0 saturated heterocycles. The highest BCUT2D eigenvalue weighted by atomic mass is 16.5. The van der Waals surface area contributed by atoms with Gasteiger partial charge < -0.3 is 10.1 Å². The van der Waals surface area contributed by atoms with Gasteiger partial charge in [-0.25, -0.2) is 0 Å². The molecule has 15 heavy (non-hydrogen) atoms. The average Bonchev–Trinajstić information content (AvgIpc) is 2.24. The Kier molecular flexibility index (Phi) is 5.37. The van der Waals surface area contributed by atoms with Crippen LogP contribution in [0.25, 0.3) is 0 Å². The minimum atomic E-state index is 0.315. The van der Waals surface area contributed by atoms with E-state index >= 15 is 0 Å². The summed E-state index contributed by atoms with van der Waals surface area (Å²) in [5, 5.41) is 3.44. The van der Waals surface area contributed by atoms with Crippen LogP contribution < -0.4 is 5.32 Å². The molecule has 1 N–H and O–H groups in total. The summed E-state index contributed by atoms with van der Waals surface area (Å²) in [6.45, 7) is 8.74. The van der Waals surface area contributed by atoms with Crippen LogP contribution in [0.1, 0.15) is 31.0 Å². The number of likely N-dealkylation sites (N-methyl/N-ethyl adjacent to an activating group) is 1. The first-order valence-electron chi connectivity index (χ1n) is 5.65. The fraction of sp³-hybridized carbons (Fsp3) is 0.538. The molecule has 1 aromatic carbocycles. The van der Waals surface area contributed by atoms with Crippen LogP contribution in [0.15, 0.2) is 24.3 Å². The molecule has 0 heterocycles. The highest BCUT2D eigenvalue weighted by molar-refractivity contribution is 5.25. The molecule has 0 spiro atoms. The van der Waals surface area contributed by atoms with E-state index in [9.17, 15) is 0 Å². The third kappa shape index (κ3) is 4.02. The number of rotatable bonds is 6. The molecule has 0 aliphatic rings. The lowest BCUT2D eigenvalue weighted by atomic mass is 10.1. The minimum absolute atomic E-state index is 0.315. The van der Waals surface area contributed by atoms with Crippen LogP contribution in [0, 0.1) is 6.92 Å². The Morgan fingerprint density at radius 2 is 2.13 bits per heavy atom. The van der Waals surface area contributed by atoms with Crippen molar-refractivity contribution in [1.82, 2.24) is 5.32 Å². The Balaban J connectivity index is 2.69. The van der Waals surface area contributed by atoms with Crippen molar-refractivity contribution in [3.63, 3.8) is 0 Å². The van der Waals surface area contributed by atoms with Crippen LogP contribution in [0.3, 0.4) is 0 Å². The molecule has 1 unspecified atom stereocenters. The standard InChI is InChI=1S/C13H21NO/c1-4-14-13(10-15-5-2)12-8-6-7-11(3)9-12/h6-9,13-14H,4-5,10H2,1-3H3. The van der Waals surface area contributed by atoms with Gasteiger partial charge in [0.15, 0.2) is 0 Å². The summed E-state index contributed by atoms with van der Waals surface area (Å²) in [7, 11) is 0. The largest absolute Gasteiger partial charge is 0.380 e. The number of benzene rings is 1. The predicted octanol–water partition coefficient (Wildman–Crippen LogP) is 2.68. The van der Waals surface area contributed by atoms with Gasteiger partial charge in [0.25, 0.3) is 0 Å². The summed E-state index contributed by atoms with van der Waals surface area (Å²) in [6, 6.07) is 8.90. The zero-order chi connectivity index (χ0) is 11.1. The van der Waals surface area contributed by atoms with Crippen LogP contribution in [0.5, 0.6) is 0 Å². The number of hydrogen-bond acceptors (Lipinski definition) is 2. The molecule has 0 saturated carbocycles. The fourth-order valence-electron chi connectivity index (χ4n) is 1.64. The minimum Gasteiger partial charge on any atom is -0.380 e. The van der Waals surface area contributed by atoms with Gasteiger partial charge in [-0.15, -0.1) is 0 Å². The summed E-state index contributed by atoms with van der Waals surface area (Å²) in [6.07, 6.45) is 0. The maximum absolute atomic E-state index is 5.48. The lowest BCUT2D eigenvalue weighted by Crippen LogP contribution is -2.25. The van der Waals surface area contributed by atoms with Crippen LogP contribution in [0.4, 0.5) is 0 Å². The van der Waals surface area contributed by atoms with E-state index in [4.69, 9.17) is 4.74 Å². The Morgan fingerprint density at radius 3 is 2.73 bits per heavy atom. The van der Waals surface area contributed by atoms with Gasteiger partial charge >= 0.3 is 0 Å². The second-order valence-electron chi connectivity index (χ2n) is 3.68. The third-order valence-corrected chi connectivity index (χ3v) is 2.38. The maximum Gasteiger partial charge on any atom is 0.0661 e. The molecular formula is C13H21NO. The molecule has 0 aliphatic heterocycles. The molecule has 0 fully saturated rings. The van der Waals surface area contributed by atoms with E-state index in [0.29, 0.717) is 6.04 Å². The van der Waals surface area contributed by atoms with Gasteiger partial charge in [0, 0.05) is 6.61 Å². The molecule has 2 nitrogen and oxygen atoms in total. The van der Waals surface area contributed by atoms with E-state index in [0.717, 1.165) is 19.8 Å². The highest BCUT2D eigenvalue weighted by Gasteiger charge is 2.09. The van der Waals surface area contributed by atoms with Crippen molar-refractivity contribution in [2.24, 2.45) is 0 Å². The molecular weight excluding hydrogens is 186 g/mol. The lowest BCUT2D eigenvalue weighted by molar-refractivity contribution is 0.123. The molecule has 0 bridgehead atoms. The first-order chi connectivity index (χ1) is 7.27. The van der Waals surface area contributed by atoms with Crippen molar-refractivity contribution in [2.45, 2.75) is 26.8 Å². The van der Waals surface area contributed by atoms with Gasteiger partial charge in [0.05, 0.1) is 12.6 Å². The van der Waals surface area contributed by atoms with Crippen molar-refractivity contribution in [1.29, 1.82) is 0 Å². The molecule has 1 aromatic rings. The van der Waals surface area contributed by atoms with E-state index in [1.54, 1.807) is 0 Å². The Hall–Kier alpha value is -0.860. The van der Waals surface area contributed by atoms with Crippen LogP contribution in [-0.4, -0.2) is 19.8 Å². The first-order valence-corrected chi connectivity index (χ1v) is 5.65. The van der Waals surface area contributed by atoms with Gasteiger partial charge in [-0.2, -0.15) is 0 Å². The predicted molar refractivity (Wildman–Crippen MR) is 64.1 cm³/mol. The number of nitrogens with one attached hydrogen (secondary N) is 1. The van der Waals surface area contributed by atoms with E-state index < -0.39 is 0 Å². The monoisotopic (exact) mass is 207 g/mol. The second-order valence-corrected chi connectivity index (χ2v) is 3.68. The van der Waals surface area contributed by atoms with E-state index in [2.05, 4.69) is 43.4 Å². The summed E-state index contributed by atoms with van der Waals surface area (Å²) in [4.78, 5) is 0. The van der Waals surface area contributed by atoms with Crippen molar-refractivity contribution >= 4 is 0 Å². The Morgan fingerprint density at radius 1 is 1.33 bits per heavy atom. The van der Waals surface area contributed by atoms with Gasteiger partial charge in [-0.05, 0) is 26.0 Å². The summed E-state index contributed by atoms with van der Waals surface area (Å²) < 4.78 is 5.48. The van der Waals surface area contributed by atoms with Crippen LogP contribution in [0.2, 0.25) is 0 Å². The van der Waals surface area contributed by atoms with Crippen molar-refractivity contribution in [3.05, 3.63) is 35.4 Å². The smallest absolute Gasteiger partial charge is 0.0661 e. The van der Waals surface area contributed by atoms with Gasteiger partial charge in [-0.3, -0.25) is 0 Å². The second kappa shape index (κ2) is 6.59. The third-order valence-electron chi connectivity index (χ3n) is 2.38. The van der Waals surface area contributed by atoms with Crippen molar-refractivity contribution in [3.8, 4) is 0 Å². The zero-order valence-corrected chi connectivity index (χ0v) is 9.92. The van der Waals surface area contributed by atoms with Gasteiger partial charge in [0.2, 0.25) is 0 Å². The topological polar surface area (TPSA) is 21.3 Å². The Labute approximate surface area is 92.6 Å². The number of ether oxygens (including phenoxy) is 1. The molecule has 0 amide bonds. The molecule has 1 atom stereocenters. The molecule has 1 rings (SSSR count). The van der Waals surface area contributed by atoms with E-state index in [1.807, 2.05) is 6.92 Å². The highest BCUT2D eigenvalue weighted by Crippen LogP contribution is 2.14. The molecule has 84 valence electrons. The number of hydrogen-bond donors (Lipinski definition) is 1. The van der Waals surface area contributed by atoms with Crippen LogP contribution in [-0.2, 0) is 4.74 Å². The van der Waals surface area contributed by atoms with E-state index in [1.165, 1.54) is 11.1 Å². The van der Waals surface area contributed by atoms with Crippen molar-refractivity contribution in [2.75, 3.05) is 19.8 Å². The first kappa shape index (κ1) is 12.2. The molecule has 0 aliphatic carbocycles. The zero-order valence-electron chi connectivity index (χ0n) is 9.92. The van der Waals surface area contributed by atoms with Crippen molar-refractivity contribution < 1.29 is 4.74 Å². The van der Waals surface area contributed by atoms with E-state index in [-0.39, 0.29) is 0 Å². The SMILES string of the molecule is CCNC(COCC)c1cccc(C)c1. The van der Waals surface area contributed by atoms with Gasteiger partial charge in [0.1, 0.15) is 0 Å². The normalized spacial score (nSPS) is 12.7. The quantitative estimate of drug-likeness (QED) is 0.774. The molecule has 2 heteroatoms. The lowest BCUT2D eigenvalue weighted by Gasteiger charge is -2.18. The fourth-order valence-corrected chi connectivity index (χ4v) is 1.64. The average molecular weight is 207 g/mol.